The van der Waals surface area contributed by atoms with Crippen LogP contribution in [-0.4, -0.2) is 4.89 Å². The Morgan fingerprint density at radius 1 is 1.25 bits per heavy atom. The third-order valence-corrected chi connectivity index (χ3v) is 0. The van der Waals surface area contributed by atoms with Crippen LogP contribution < -0.4 is 98.5 Å². The normalized spacial score (nSPS) is 7.38. The molecule has 0 heterocycles. The van der Waals surface area contributed by atoms with Crippen molar-refractivity contribution in [1.29, 1.82) is 0 Å². The van der Waals surface area contributed by atoms with E-state index in [0.29, 0.717) is 0 Å². The molecular formula is H2Na3O4P. The average Bonchev–Trinajstić information content (AvgIpc) is 0.722. The van der Waals surface area contributed by atoms with E-state index in [-0.39, 0.29) is 90.1 Å². The Morgan fingerprint density at radius 3 is 1.25 bits per heavy atom. The predicted molar refractivity (Wildman–Crippen MR) is 10.9 cm³/mol. The molecule has 0 atom stereocenters. The topological polar surface area (TPSA) is 83.4 Å². The van der Waals surface area contributed by atoms with Gasteiger partial charge in [0.2, 0.25) is 0 Å². The summed E-state index contributed by atoms with van der Waals surface area (Å²) in [5.41, 5.74) is 0. The van der Waals surface area contributed by atoms with Gasteiger partial charge in [-0.15, -0.1) is 0 Å². The van der Waals surface area contributed by atoms with Crippen LogP contribution in [0.25, 0.3) is 0 Å². The molecule has 0 radical (unpaired) electrons. The molecule has 0 aliphatic heterocycles. The maximum atomic E-state index is 8.66. The summed E-state index contributed by atoms with van der Waals surface area (Å²) in [7, 11) is -5.14. The molecule has 0 rings (SSSR count). The van der Waals surface area contributed by atoms with E-state index in [1.54, 1.807) is 0 Å². The SMILES string of the molecule is O=P([O-])([O-])O.[H-].[Na+].[Na+].[Na+]. The molecule has 0 aromatic heterocycles. The van der Waals surface area contributed by atoms with E-state index in [1.807, 2.05) is 0 Å². The minimum absolute atomic E-state index is 0. The van der Waals surface area contributed by atoms with Gasteiger partial charge in [0.25, 0.3) is 0 Å². The predicted octanol–water partition coefficient (Wildman–Crippen LogP) is -11.1. The molecule has 0 unspecified atom stereocenters. The first-order chi connectivity index (χ1) is 2.00. The first-order valence-electron chi connectivity index (χ1n) is 0.748. The quantitative estimate of drug-likeness (QED) is 0.286. The molecule has 34 valence electrons. The van der Waals surface area contributed by atoms with Crippen LogP contribution in [0.1, 0.15) is 1.43 Å². The van der Waals surface area contributed by atoms with Crippen molar-refractivity contribution in [2.24, 2.45) is 0 Å². The number of rotatable bonds is 0. The van der Waals surface area contributed by atoms with Crippen molar-refractivity contribution in [2.75, 3.05) is 0 Å². The summed E-state index contributed by atoms with van der Waals surface area (Å²) in [4.78, 5) is 24.3. The van der Waals surface area contributed by atoms with Gasteiger partial charge in [-0.05, 0) is 0 Å². The van der Waals surface area contributed by atoms with Gasteiger partial charge in [-0.1, -0.05) is 0 Å². The second kappa shape index (κ2) is 10.1. The molecule has 0 amide bonds. The molecule has 0 aliphatic carbocycles. The van der Waals surface area contributed by atoms with Gasteiger partial charge in [0.15, 0.2) is 0 Å². The van der Waals surface area contributed by atoms with E-state index in [2.05, 4.69) is 0 Å². The second-order valence-electron chi connectivity index (χ2n) is 0.469. The van der Waals surface area contributed by atoms with Gasteiger partial charge in [-0.2, -0.15) is 0 Å². The average molecular weight is 166 g/mol. The van der Waals surface area contributed by atoms with Crippen molar-refractivity contribution in [3.63, 3.8) is 0 Å². The molecule has 8 heteroatoms. The van der Waals surface area contributed by atoms with Gasteiger partial charge >= 0.3 is 88.7 Å². The monoisotopic (exact) mass is 166 g/mol. The fourth-order valence-electron chi connectivity index (χ4n) is 0. The maximum absolute atomic E-state index is 8.66. The van der Waals surface area contributed by atoms with E-state index in [9.17, 15) is 0 Å². The molecule has 0 spiro atoms. The number of hydrogen-bond acceptors (Lipinski definition) is 3. The summed E-state index contributed by atoms with van der Waals surface area (Å²) in [5, 5.41) is 0. The van der Waals surface area contributed by atoms with E-state index in [4.69, 9.17) is 19.2 Å². The standard InChI is InChI=1S/3Na.H3O4P.H/c;;;1-5(2,3)4;/h;;;(H3,1,2,3,4);/q3*+1;;-1/p-2. The van der Waals surface area contributed by atoms with Crippen molar-refractivity contribution < 1.29 is 109 Å². The molecule has 0 saturated heterocycles. The van der Waals surface area contributed by atoms with Gasteiger partial charge in [-0.3, -0.25) is 0 Å². The van der Waals surface area contributed by atoms with Crippen LogP contribution in [0.2, 0.25) is 0 Å². The minimum Gasteiger partial charge on any atom is -1.00 e. The molecule has 0 aromatic carbocycles. The maximum Gasteiger partial charge on any atom is 1.00 e. The Balaban J connectivity index is -0.0000000133. The van der Waals surface area contributed by atoms with Crippen LogP contribution in [0.15, 0.2) is 0 Å². The summed E-state index contributed by atoms with van der Waals surface area (Å²) in [6, 6.07) is 0. The van der Waals surface area contributed by atoms with E-state index in [0.717, 1.165) is 0 Å². The first kappa shape index (κ1) is 22.5. The Morgan fingerprint density at radius 2 is 1.25 bits per heavy atom. The van der Waals surface area contributed by atoms with Crippen LogP contribution >= 0.6 is 7.82 Å². The third kappa shape index (κ3) is 61.9. The molecule has 8 heavy (non-hydrogen) atoms. The van der Waals surface area contributed by atoms with Crippen molar-refractivity contribution in [3.05, 3.63) is 0 Å². The molecule has 0 aliphatic rings. The van der Waals surface area contributed by atoms with Crippen LogP contribution in [0.4, 0.5) is 0 Å². The van der Waals surface area contributed by atoms with E-state index in [1.165, 1.54) is 0 Å². The Bertz CT molecular complexity index is 61.9. The van der Waals surface area contributed by atoms with Crippen LogP contribution in [0.3, 0.4) is 0 Å². The van der Waals surface area contributed by atoms with Gasteiger partial charge in [0, 0.05) is 0 Å². The van der Waals surface area contributed by atoms with Gasteiger partial charge in [0.1, 0.15) is 0 Å². The summed E-state index contributed by atoms with van der Waals surface area (Å²) < 4.78 is 8.66. The van der Waals surface area contributed by atoms with Crippen molar-refractivity contribution in [1.82, 2.24) is 0 Å². The molecule has 0 aromatic rings. The van der Waals surface area contributed by atoms with Gasteiger partial charge in [0.05, 0.1) is 7.82 Å². The molecule has 0 fully saturated rings. The Kier molecular flexibility index (Phi) is 28.4. The van der Waals surface area contributed by atoms with Gasteiger partial charge in [-0.25, -0.2) is 0 Å². The number of phosphoric acid groups is 1. The Hall–Kier alpha value is 3.11. The smallest absolute Gasteiger partial charge is 1.00 e. The zero-order valence-electron chi connectivity index (χ0n) is 6.12. The van der Waals surface area contributed by atoms with Crippen LogP contribution in [0.5, 0.6) is 0 Å². The van der Waals surface area contributed by atoms with E-state index < -0.39 is 7.82 Å². The fraction of sp³-hybridized carbons (Fsp3) is 0. The van der Waals surface area contributed by atoms with Gasteiger partial charge < -0.3 is 20.7 Å². The third-order valence-electron chi connectivity index (χ3n) is 0. The van der Waals surface area contributed by atoms with Crippen LogP contribution in [0, 0.1) is 0 Å². The zero-order chi connectivity index (χ0) is 4.50. The van der Waals surface area contributed by atoms with Crippen molar-refractivity contribution in [3.8, 4) is 0 Å². The minimum atomic E-state index is -5.14. The largest absolute Gasteiger partial charge is 1.00 e. The summed E-state index contributed by atoms with van der Waals surface area (Å²) in [6.45, 7) is 0. The van der Waals surface area contributed by atoms with Crippen molar-refractivity contribution in [2.45, 2.75) is 0 Å². The molecule has 0 bridgehead atoms. The number of hydrogen-bond donors (Lipinski definition) is 1. The van der Waals surface area contributed by atoms with Crippen molar-refractivity contribution >= 4 is 7.82 Å². The fourth-order valence-corrected chi connectivity index (χ4v) is 0. The first-order valence-corrected chi connectivity index (χ1v) is 2.24. The second-order valence-corrected chi connectivity index (χ2v) is 1.41. The molecular weight excluding hydrogens is 164 g/mol. The molecule has 1 N–H and O–H groups in total. The Labute approximate surface area is 115 Å². The van der Waals surface area contributed by atoms with Crippen LogP contribution in [-0.2, 0) is 4.57 Å². The summed E-state index contributed by atoms with van der Waals surface area (Å²) in [5.74, 6) is 0. The molecule has 0 saturated carbocycles. The zero-order valence-corrected chi connectivity index (χ0v) is 12.0. The molecule has 4 nitrogen and oxygen atoms in total. The van der Waals surface area contributed by atoms with E-state index >= 15 is 0 Å². The summed E-state index contributed by atoms with van der Waals surface area (Å²) >= 11 is 0. The summed E-state index contributed by atoms with van der Waals surface area (Å²) in [6.07, 6.45) is 0.